The first kappa shape index (κ1) is 16.7. The van der Waals surface area contributed by atoms with Gasteiger partial charge in [-0.05, 0) is 18.2 Å². The van der Waals surface area contributed by atoms with Crippen LogP contribution in [0.5, 0.6) is 0 Å². The van der Waals surface area contributed by atoms with Crippen LogP contribution in [0, 0.1) is 0 Å². The number of anilines is 1. The number of hydrogen-bond donors (Lipinski definition) is 2. The van der Waals surface area contributed by atoms with Gasteiger partial charge in [-0.25, -0.2) is 4.99 Å². The second-order valence-corrected chi connectivity index (χ2v) is 6.00. The van der Waals surface area contributed by atoms with Gasteiger partial charge in [0.2, 0.25) is 6.17 Å². The number of pyridine rings is 1. The molecular formula is C21H16N4O2. The fraction of sp³-hybridized carbons (Fsp3) is 0.0476. The van der Waals surface area contributed by atoms with E-state index in [2.05, 4.69) is 20.6 Å². The fourth-order valence-corrected chi connectivity index (χ4v) is 2.89. The van der Waals surface area contributed by atoms with Gasteiger partial charge in [-0.2, -0.15) is 0 Å². The molecule has 2 amide bonds. The molecule has 0 radical (unpaired) electrons. The predicted molar refractivity (Wildman–Crippen MR) is 103 cm³/mol. The molecular weight excluding hydrogens is 340 g/mol. The molecule has 27 heavy (non-hydrogen) atoms. The normalized spacial score (nSPS) is 15.8. The summed E-state index contributed by atoms with van der Waals surface area (Å²) in [7, 11) is 0. The van der Waals surface area contributed by atoms with Crippen molar-refractivity contribution in [3.8, 4) is 0 Å². The number of benzodiazepines with no additional fused rings is 1. The van der Waals surface area contributed by atoms with E-state index >= 15 is 0 Å². The zero-order valence-electron chi connectivity index (χ0n) is 14.3. The van der Waals surface area contributed by atoms with Crippen LogP contribution in [0.1, 0.15) is 21.5 Å². The van der Waals surface area contributed by atoms with Gasteiger partial charge in [-0.3, -0.25) is 14.6 Å². The summed E-state index contributed by atoms with van der Waals surface area (Å²) in [5, 5.41) is 5.53. The Morgan fingerprint density at radius 2 is 1.74 bits per heavy atom. The molecule has 0 aliphatic carbocycles. The third kappa shape index (κ3) is 3.46. The zero-order valence-corrected chi connectivity index (χ0v) is 14.3. The minimum atomic E-state index is -1.06. The van der Waals surface area contributed by atoms with E-state index in [0.717, 1.165) is 11.1 Å². The molecule has 1 aliphatic heterocycles. The van der Waals surface area contributed by atoms with Crippen molar-refractivity contribution < 1.29 is 9.59 Å². The van der Waals surface area contributed by atoms with Gasteiger partial charge in [-0.15, -0.1) is 0 Å². The van der Waals surface area contributed by atoms with Crippen LogP contribution in [0.2, 0.25) is 0 Å². The van der Waals surface area contributed by atoms with Gasteiger partial charge >= 0.3 is 0 Å². The summed E-state index contributed by atoms with van der Waals surface area (Å²) in [6, 6.07) is 20.3. The zero-order chi connectivity index (χ0) is 18.6. The lowest BCUT2D eigenvalue weighted by atomic mass is 10.0. The molecule has 132 valence electrons. The fourth-order valence-electron chi connectivity index (χ4n) is 2.89. The van der Waals surface area contributed by atoms with E-state index < -0.39 is 18.0 Å². The summed E-state index contributed by atoms with van der Waals surface area (Å²) in [6.45, 7) is 0. The van der Waals surface area contributed by atoms with Crippen molar-refractivity contribution in [2.45, 2.75) is 6.17 Å². The van der Waals surface area contributed by atoms with Gasteiger partial charge < -0.3 is 10.6 Å². The number of rotatable bonds is 3. The molecule has 0 saturated heterocycles. The Hall–Kier alpha value is -3.80. The average molecular weight is 356 g/mol. The number of benzene rings is 2. The summed E-state index contributed by atoms with van der Waals surface area (Å²) < 4.78 is 0. The molecule has 2 aromatic carbocycles. The highest BCUT2D eigenvalue weighted by Gasteiger charge is 2.27. The standard InChI is InChI=1S/C21H16N4O2/c26-20(15-9-6-12-22-13-15)25-19-21(27)23-17-11-5-4-10-16(17)18(24-19)14-7-2-1-3-8-14/h1-13,19H,(H,23,27)(H,25,26). The number of carbonyl (C=O) groups is 2. The van der Waals surface area contributed by atoms with E-state index in [1.54, 1.807) is 18.3 Å². The lowest BCUT2D eigenvalue weighted by Crippen LogP contribution is -2.42. The Morgan fingerprint density at radius 3 is 2.52 bits per heavy atom. The highest BCUT2D eigenvalue weighted by molar-refractivity contribution is 6.20. The summed E-state index contributed by atoms with van der Waals surface area (Å²) >= 11 is 0. The highest BCUT2D eigenvalue weighted by Crippen LogP contribution is 2.23. The lowest BCUT2D eigenvalue weighted by molar-refractivity contribution is -0.117. The van der Waals surface area contributed by atoms with Crippen LogP contribution in [0.25, 0.3) is 0 Å². The number of nitrogens with zero attached hydrogens (tertiary/aromatic N) is 2. The molecule has 0 saturated carbocycles. The quantitative estimate of drug-likeness (QED) is 0.757. The number of carbonyl (C=O) groups excluding carboxylic acids is 2. The Morgan fingerprint density at radius 1 is 0.963 bits per heavy atom. The predicted octanol–water partition coefficient (Wildman–Crippen LogP) is 2.63. The van der Waals surface area contributed by atoms with Crippen molar-refractivity contribution in [1.29, 1.82) is 0 Å². The van der Waals surface area contributed by atoms with Gasteiger partial charge in [0.05, 0.1) is 17.0 Å². The van der Waals surface area contributed by atoms with Crippen LogP contribution in [0.4, 0.5) is 5.69 Å². The van der Waals surface area contributed by atoms with Crippen molar-refractivity contribution in [3.05, 3.63) is 95.8 Å². The van der Waals surface area contributed by atoms with E-state index in [1.165, 1.54) is 6.20 Å². The van der Waals surface area contributed by atoms with E-state index in [4.69, 9.17) is 0 Å². The third-order valence-corrected chi connectivity index (χ3v) is 4.19. The second kappa shape index (κ2) is 7.21. The minimum Gasteiger partial charge on any atom is -0.322 e. The molecule has 1 atom stereocenters. The topological polar surface area (TPSA) is 83.5 Å². The maximum Gasteiger partial charge on any atom is 0.269 e. The molecule has 0 bridgehead atoms. The molecule has 6 nitrogen and oxygen atoms in total. The number of fused-ring (bicyclic) bond motifs is 1. The minimum absolute atomic E-state index is 0.364. The van der Waals surface area contributed by atoms with Gasteiger partial charge in [0.15, 0.2) is 0 Å². The van der Waals surface area contributed by atoms with Crippen molar-refractivity contribution in [3.63, 3.8) is 0 Å². The smallest absolute Gasteiger partial charge is 0.269 e. The Kier molecular flexibility index (Phi) is 4.45. The van der Waals surface area contributed by atoms with Gasteiger partial charge in [0.1, 0.15) is 0 Å². The van der Waals surface area contributed by atoms with E-state index in [0.29, 0.717) is 17.0 Å². The molecule has 0 fully saturated rings. The van der Waals surface area contributed by atoms with Gasteiger partial charge in [-0.1, -0.05) is 48.5 Å². The lowest BCUT2D eigenvalue weighted by Gasteiger charge is -2.13. The van der Waals surface area contributed by atoms with Crippen LogP contribution in [0.3, 0.4) is 0 Å². The molecule has 1 aliphatic rings. The monoisotopic (exact) mass is 356 g/mol. The Balaban J connectivity index is 1.74. The van der Waals surface area contributed by atoms with Gasteiger partial charge in [0, 0.05) is 23.5 Å². The Labute approximate surface area is 156 Å². The van der Waals surface area contributed by atoms with Crippen molar-refractivity contribution in [1.82, 2.24) is 10.3 Å². The molecule has 0 spiro atoms. The van der Waals surface area contributed by atoms with E-state index in [9.17, 15) is 9.59 Å². The molecule has 1 unspecified atom stereocenters. The summed E-state index contributed by atoms with van der Waals surface area (Å²) in [5.74, 6) is -0.809. The SMILES string of the molecule is O=C(NC1N=C(c2ccccc2)c2ccccc2NC1=O)c1cccnc1. The molecule has 3 aromatic rings. The second-order valence-electron chi connectivity index (χ2n) is 6.00. The first-order valence-corrected chi connectivity index (χ1v) is 8.47. The van der Waals surface area contributed by atoms with E-state index in [1.807, 2.05) is 54.6 Å². The molecule has 2 heterocycles. The van der Waals surface area contributed by atoms with Crippen molar-refractivity contribution in [2.75, 3.05) is 5.32 Å². The number of para-hydroxylation sites is 1. The maximum atomic E-state index is 12.7. The van der Waals surface area contributed by atoms with E-state index in [-0.39, 0.29) is 0 Å². The largest absolute Gasteiger partial charge is 0.322 e. The number of aliphatic imine (C=N–C) groups is 1. The summed E-state index contributed by atoms with van der Waals surface area (Å²) in [6.07, 6.45) is 1.97. The first-order chi connectivity index (χ1) is 13.2. The summed E-state index contributed by atoms with van der Waals surface area (Å²) in [5.41, 5.74) is 3.32. The van der Waals surface area contributed by atoms with Crippen LogP contribution < -0.4 is 10.6 Å². The van der Waals surface area contributed by atoms with Crippen LogP contribution in [-0.2, 0) is 4.79 Å². The van der Waals surface area contributed by atoms with Crippen LogP contribution in [-0.4, -0.2) is 28.7 Å². The highest BCUT2D eigenvalue weighted by atomic mass is 16.2. The van der Waals surface area contributed by atoms with Gasteiger partial charge in [0.25, 0.3) is 11.8 Å². The first-order valence-electron chi connectivity index (χ1n) is 8.47. The maximum absolute atomic E-state index is 12.7. The molecule has 2 N–H and O–H groups in total. The summed E-state index contributed by atoms with van der Waals surface area (Å²) in [4.78, 5) is 33.7. The Bertz CT molecular complexity index is 1020. The average Bonchev–Trinajstić information content (AvgIpc) is 2.86. The molecule has 6 heteroatoms. The molecule has 4 rings (SSSR count). The van der Waals surface area contributed by atoms with Crippen LogP contribution >= 0.6 is 0 Å². The number of amides is 2. The number of aromatic nitrogens is 1. The van der Waals surface area contributed by atoms with Crippen molar-refractivity contribution >= 4 is 23.2 Å². The number of nitrogens with one attached hydrogen (secondary N) is 2. The van der Waals surface area contributed by atoms with Crippen LogP contribution in [0.15, 0.2) is 84.1 Å². The third-order valence-electron chi connectivity index (χ3n) is 4.19. The number of hydrogen-bond acceptors (Lipinski definition) is 4. The molecule has 1 aromatic heterocycles. The van der Waals surface area contributed by atoms with Crippen molar-refractivity contribution in [2.24, 2.45) is 4.99 Å².